The van der Waals surface area contributed by atoms with E-state index in [0.29, 0.717) is 23.2 Å². The maximum atomic E-state index is 5.87. The summed E-state index contributed by atoms with van der Waals surface area (Å²) in [6.07, 6.45) is 0. The summed E-state index contributed by atoms with van der Waals surface area (Å²) in [5.41, 5.74) is 1.86. The van der Waals surface area contributed by atoms with E-state index in [0.717, 1.165) is 20.1 Å². The van der Waals surface area contributed by atoms with Gasteiger partial charge in [0, 0.05) is 10.6 Å². The van der Waals surface area contributed by atoms with Crippen molar-refractivity contribution in [1.82, 2.24) is 20.6 Å². The topological polar surface area (TPSA) is 63.7 Å². The van der Waals surface area contributed by atoms with Crippen molar-refractivity contribution in [3.05, 3.63) is 55.9 Å². The molecule has 1 aromatic heterocycles. The molecule has 0 fully saturated rings. The number of halogens is 3. The highest BCUT2D eigenvalue weighted by Gasteiger charge is 2.12. The number of hydrogen-bond donors (Lipinski definition) is 1. The van der Waals surface area contributed by atoms with Crippen LogP contribution in [0.4, 0.5) is 0 Å². The standard InChI is InChI=1S/C14H9Br2ClN4O/c15-11-5-9(14-18-20-21-19-14)6-12(16)13(11)22-7-8-1-3-10(17)4-2-8/h1-6H,7H2,(H,18,19,20,21). The number of H-pyrrole nitrogens is 1. The number of nitrogens with one attached hydrogen (secondary N) is 1. The Morgan fingerprint density at radius 1 is 1.09 bits per heavy atom. The Morgan fingerprint density at radius 3 is 2.36 bits per heavy atom. The molecule has 0 aliphatic carbocycles. The minimum Gasteiger partial charge on any atom is -0.487 e. The van der Waals surface area contributed by atoms with E-state index in [1.165, 1.54) is 0 Å². The smallest absolute Gasteiger partial charge is 0.204 e. The molecule has 0 spiro atoms. The third-order valence-corrected chi connectivity index (χ3v) is 4.33. The average molecular weight is 445 g/mol. The van der Waals surface area contributed by atoms with Gasteiger partial charge in [0.15, 0.2) is 0 Å². The molecular weight excluding hydrogens is 435 g/mol. The summed E-state index contributed by atoms with van der Waals surface area (Å²) < 4.78 is 7.47. The molecule has 2 aromatic carbocycles. The van der Waals surface area contributed by atoms with E-state index >= 15 is 0 Å². The summed E-state index contributed by atoms with van der Waals surface area (Å²) in [5, 5.41) is 14.6. The van der Waals surface area contributed by atoms with E-state index in [9.17, 15) is 0 Å². The van der Waals surface area contributed by atoms with Crippen LogP contribution in [0, 0.1) is 0 Å². The van der Waals surface area contributed by atoms with Crippen molar-refractivity contribution in [3.8, 4) is 17.1 Å². The molecule has 0 atom stereocenters. The number of hydrogen-bond acceptors (Lipinski definition) is 4. The van der Waals surface area contributed by atoms with Crippen LogP contribution in [-0.2, 0) is 6.61 Å². The van der Waals surface area contributed by atoms with Crippen LogP contribution in [0.1, 0.15) is 5.56 Å². The first-order valence-electron chi connectivity index (χ1n) is 6.23. The second-order valence-corrected chi connectivity index (χ2v) is 6.56. The zero-order valence-corrected chi connectivity index (χ0v) is 15.0. The Hall–Kier alpha value is -1.44. The Morgan fingerprint density at radius 2 is 1.77 bits per heavy atom. The van der Waals surface area contributed by atoms with E-state index in [1.807, 2.05) is 36.4 Å². The van der Waals surface area contributed by atoms with E-state index in [1.54, 1.807) is 0 Å². The van der Waals surface area contributed by atoms with Crippen LogP contribution in [0.15, 0.2) is 45.3 Å². The lowest BCUT2D eigenvalue weighted by molar-refractivity contribution is 0.302. The Kier molecular flexibility index (Phi) is 4.75. The molecule has 0 saturated heterocycles. The predicted octanol–water partition coefficient (Wildman–Crippen LogP) is 4.62. The molecule has 112 valence electrons. The minimum absolute atomic E-state index is 0.440. The van der Waals surface area contributed by atoms with Gasteiger partial charge in [-0.15, -0.1) is 10.2 Å². The summed E-state index contributed by atoms with van der Waals surface area (Å²) >= 11 is 12.9. The number of ether oxygens (including phenoxy) is 1. The van der Waals surface area contributed by atoms with Gasteiger partial charge in [-0.05, 0) is 66.9 Å². The Balaban J connectivity index is 1.80. The molecule has 1 N–H and O–H groups in total. The molecular formula is C14H9Br2ClN4O. The first-order valence-corrected chi connectivity index (χ1v) is 8.20. The monoisotopic (exact) mass is 442 g/mol. The minimum atomic E-state index is 0.440. The Bertz CT molecular complexity index is 755. The highest BCUT2D eigenvalue weighted by molar-refractivity contribution is 9.11. The zero-order chi connectivity index (χ0) is 15.5. The van der Waals surface area contributed by atoms with E-state index in [-0.39, 0.29) is 0 Å². The van der Waals surface area contributed by atoms with Crippen molar-refractivity contribution in [1.29, 1.82) is 0 Å². The molecule has 0 aliphatic heterocycles. The second-order valence-electron chi connectivity index (χ2n) is 4.42. The lowest BCUT2D eigenvalue weighted by Crippen LogP contribution is -1.97. The van der Waals surface area contributed by atoms with Gasteiger partial charge in [0.25, 0.3) is 0 Å². The number of aromatic amines is 1. The van der Waals surface area contributed by atoms with Gasteiger partial charge in [-0.3, -0.25) is 0 Å². The second kappa shape index (κ2) is 6.76. The van der Waals surface area contributed by atoms with Crippen LogP contribution in [0.25, 0.3) is 11.4 Å². The third-order valence-electron chi connectivity index (χ3n) is 2.90. The summed E-state index contributed by atoms with van der Waals surface area (Å²) in [7, 11) is 0. The first kappa shape index (κ1) is 15.5. The molecule has 22 heavy (non-hydrogen) atoms. The largest absolute Gasteiger partial charge is 0.487 e. The van der Waals surface area contributed by atoms with Crippen molar-refractivity contribution >= 4 is 43.5 Å². The maximum absolute atomic E-state index is 5.87. The van der Waals surface area contributed by atoms with Gasteiger partial charge in [0.1, 0.15) is 12.4 Å². The molecule has 0 amide bonds. The van der Waals surface area contributed by atoms with Crippen LogP contribution in [0.5, 0.6) is 5.75 Å². The molecule has 5 nitrogen and oxygen atoms in total. The van der Waals surface area contributed by atoms with Crippen LogP contribution >= 0.6 is 43.5 Å². The summed E-state index contributed by atoms with van der Waals surface area (Å²) in [6.45, 7) is 0.440. The predicted molar refractivity (Wildman–Crippen MR) is 90.8 cm³/mol. The van der Waals surface area contributed by atoms with E-state index in [4.69, 9.17) is 16.3 Å². The number of aromatic nitrogens is 4. The molecule has 0 aliphatic rings. The molecule has 1 heterocycles. The van der Waals surface area contributed by atoms with Gasteiger partial charge in [0.05, 0.1) is 8.95 Å². The molecule has 0 unspecified atom stereocenters. The number of benzene rings is 2. The van der Waals surface area contributed by atoms with Crippen molar-refractivity contribution in [2.24, 2.45) is 0 Å². The van der Waals surface area contributed by atoms with Crippen LogP contribution in [-0.4, -0.2) is 20.6 Å². The van der Waals surface area contributed by atoms with Gasteiger partial charge in [-0.2, -0.15) is 5.21 Å². The van der Waals surface area contributed by atoms with Crippen molar-refractivity contribution < 1.29 is 4.74 Å². The molecule has 8 heteroatoms. The summed E-state index contributed by atoms with van der Waals surface area (Å²) in [5.74, 6) is 1.23. The lowest BCUT2D eigenvalue weighted by Gasteiger charge is -2.11. The highest BCUT2D eigenvalue weighted by atomic mass is 79.9. The fourth-order valence-electron chi connectivity index (χ4n) is 1.85. The fraction of sp³-hybridized carbons (Fsp3) is 0.0714. The maximum Gasteiger partial charge on any atom is 0.204 e. The lowest BCUT2D eigenvalue weighted by atomic mass is 10.2. The molecule has 0 saturated carbocycles. The van der Waals surface area contributed by atoms with Gasteiger partial charge >= 0.3 is 0 Å². The quantitative estimate of drug-likeness (QED) is 0.638. The number of tetrazole rings is 1. The van der Waals surface area contributed by atoms with Crippen LogP contribution < -0.4 is 4.74 Å². The van der Waals surface area contributed by atoms with Gasteiger partial charge in [-0.1, -0.05) is 23.7 Å². The van der Waals surface area contributed by atoms with Crippen molar-refractivity contribution in [3.63, 3.8) is 0 Å². The number of nitrogens with zero attached hydrogens (tertiary/aromatic N) is 3. The molecule has 0 radical (unpaired) electrons. The fourth-order valence-corrected chi connectivity index (χ4v) is 3.39. The zero-order valence-electron chi connectivity index (χ0n) is 11.1. The molecule has 0 bridgehead atoms. The average Bonchev–Trinajstić information content (AvgIpc) is 3.02. The normalized spacial score (nSPS) is 10.7. The summed E-state index contributed by atoms with van der Waals surface area (Å²) in [6, 6.07) is 11.3. The van der Waals surface area contributed by atoms with E-state index in [2.05, 4.69) is 52.5 Å². The molecule has 3 rings (SSSR count). The SMILES string of the molecule is Clc1ccc(COc2c(Br)cc(-c3nn[nH]n3)cc2Br)cc1. The third kappa shape index (κ3) is 3.48. The number of rotatable bonds is 4. The van der Waals surface area contributed by atoms with Gasteiger partial charge in [0.2, 0.25) is 5.82 Å². The van der Waals surface area contributed by atoms with Crippen molar-refractivity contribution in [2.75, 3.05) is 0 Å². The highest BCUT2D eigenvalue weighted by Crippen LogP contribution is 2.37. The molecule has 3 aromatic rings. The van der Waals surface area contributed by atoms with Crippen LogP contribution in [0.2, 0.25) is 5.02 Å². The van der Waals surface area contributed by atoms with Crippen LogP contribution in [0.3, 0.4) is 0 Å². The van der Waals surface area contributed by atoms with Gasteiger partial charge < -0.3 is 4.74 Å². The van der Waals surface area contributed by atoms with Gasteiger partial charge in [-0.25, -0.2) is 0 Å². The van der Waals surface area contributed by atoms with E-state index < -0.39 is 0 Å². The van der Waals surface area contributed by atoms with Crippen molar-refractivity contribution in [2.45, 2.75) is 6.61 Å². The first-order chi connectivity index (χ1) is 10.6. The Labute approximate surface area is 148 Å². The summed E-state index contributed by atoms with van der Waals surface area (Å²) in [4.78, 5) is 0.